The van der Waals surface area contributed by atoms with Crippen molar-refractivity contribution in [1.29, 1.82) is 0 Å². The van der Waals surface area contributed by atoms with Gasteiger partial charge in [-0.2, -0.15) is 0 Å². The van der Waals surface area contributed by atoms with Gasteiger partial charge in [-0.3, -0.25) is 14.4 Å². The van der Waals surface area contributed by atoms with Crippen molar-refractivity contribution >= 4 is 46.8 Å². The lowest BCUT2D eigenvalue weighted by atomic mass is 10.2. The molecular formula is C17H15ClN2O4S. The molecule has 3 N–H and O–H groups in total. The average molecular weight is 379 g/mol. The standard InChI is InChI=1S/C17H15ClN2O4S/c18-12-3-7-14(8-4-12)25-10-16(22)24-9-15(21)20-13-5-1-11(2-6-13)17(19)23/h1-8H,9-10H2,(H2,19,23)(H,20,21). The summed E-state index contributed by atoms with van der Waals surface area (Å²) in [5.74, 6) is -1.44. The van der Waals surface area contributed by atoms with E-state index in [4.69, 9.17) is 22.1 Å². The van der Waals surface area contributed by atoms with Gasteiger partial charge < -0.3 is 15.8 Å². The van der Waals surface area contributed by atoms with Gasteiger partial charge in [-0.1, -0.05) is 11.6 Å². The molecule has 25 heavy (non-hydrogen) atoms. The van der Waals surface area contributed by atoms with E-state index in [1.807, 2.05) is 0 Å². The number of hydrogen-bond acceptors (Lipinski definition) is 5. The molecule has 0 spiro atoms. The first-order chi connectivity index (χ1) is 11.9. The highest BCUT2D eigenvalue weighted by Crippen LogP contribution is 2.20. The number of rotatable bonds is 7. The molecule has 8 heteroatoms. The number of amides is 2. The maximum atomic E-state index is 11.7. The molecule has 0 radical (unpaired) electrons. The third kappa shape index (κ3) is 6.48. The Balaban J connectivity index is 1.72. The number of carbonyl (C=O) groups excluding carboxylic acids is 3. The van der Waals surface area contributed by atoms with Gasteiger partial charge in [0.2, 0.25) is 5.91 Å². The Morgan fingerprint density at radius 3 is 2.28 bits per heavy atom. The molecule has 2 aromatic carbocycles. The van der Waals surface area contributed by atoms with Crippen LogP contribution in [0.25, 0.3) is 0 Å². The first-order valence-corrected chi connectivity index (χ1v) is 8.54. The Morgan fingerprint density at radius 1 is 1.04 bits per heavy atom. The van der Waals surface area contributed by atoms with Crippen LogP contribution in [-0.2, 0) is 14.3 Å². The molecule has 0 heterocycles. The second-order valence-corrected chi connectivity index (χ2v) is 6.38. The van der Waals surface area contributed by atoms with Crippen molar-refractivity contribution in [2.24, 2.45) is 5.73 Å². The predicted octanol–water partition coefficient (Wildman–Crippen LogP) is 2.71. The Hall–Kier alpha value is -2.51. The molecule has 0 aromatic heterocycles. The van der Waals surface area contributed by atoms with E-state index in [-0.39, 0.29) is 5.75 Å². The van der Waals surface area contributed by atoms with E-state index in [9.17, 15) is 14.4 Å². The molecule has 2 amide bonds. The number of nitrogens with two attached hydrogens (primary N) is 1. The lowest BCUT2D eigenvalue weighted by Crippen LogP contribution is -2.21. The topological polar surface area (TPSA) is 98.5 Å². The van der Waals surface area contributed by atoms with E-state index in [1.54, 1.807) is 24.3 Å². The summed E-state index contributed by atoms with van der Waals surface area (Å²) in [6.45, 7) is -0.391. The van der Waals surface area contributed by atoms with Crippen LogP contribution < -0.4 is 11.1 Å². The van der Waals surface area contributed by atoms with E-state index < -0.39 is 24.4 Å². The average Bonchev–Trinajstić information content (AvgIpc) is 2.60. The van der Waals surface area contributed by atoms with E-state index in [1.165, 1.54) is 36.0 Å². The van der Waals surface area contributed by atoms with Crippen molar-refractivity contribution in [3.05, 3.63) is 59.1 Å². The maximum absolute atomic E-state index is 11.7. The smallest absolute Gasteiger partial charge is 0.316 e. The molecule has 6 nitrogen and oxygen atoms in total. The van der Waals surface area contributed by atoms with Crippen LogP contribution in [-0.4, -0.2) is 30.1 Å². The monoisotopic (exact) mass is 378 g/mol. The summed E-state index contributed by atoms with van der Waals surface area (Å²) in [6.07, 6.45) is 0. The molecule has 2 aromatic rings. The molecule has 0 unspecified atom stereocenters. The highest BCUT2D eigenvalue weighted by atomic mass is 35.5. The van der Waals surface area contributed by atoms with Gasteiger partial charge in [0.25, 0.3) is 5.91 Å². The van der Waals surface area contributed by atoms with Crippen LogP contribution in [0.2, 0.25) is 5.02 Å². The number of esters is 1. The number of hydrogen-bond donors (Lipinski definition) is 2. The van der Waals surface area contributed by atoms with Crippen LogP contribution in [0.15, 0.2) is 53.4 Å². The molecule has 0 saturated heterocycles. The third-order valence-electron chi connectivity index (χ3n) is 2.99. The van der Waals surface area contributed by atoms with E-state index >= 15 is 0 Å². The first-order valence-electron chi connectivity index (χ1n) is 7.18. The van der Waals surface area contributed by atoms with E-state index in [0.29, 0.717) is 16.3 Å². The van der Waals surface area contributed by atoms with Crippen LogP contribution in [0.5, 0.6) is 0 Å². The lowest BCUT2D eigenvalue weighted by Gasteiger charge is -2.07. The third-order valence-corrected chi connectivity index (χ3v) is 4.23. The Labute approximate surface area is 153 Å². The molecule has 0 fully saturated rings. The summed E-state index contributed by atoms with van der Waals surface area (Å²) in [7, 11) is 0. The molecule has 0 aliphatic heterocycles. The lowest BCUT2D eigenvalue weighted by molar-refractivity contribution is -0.144. The molecule has 0 aliphatic carbocycles. The fourth-order valence-electron chi connectivity index (χ4n) is 1.78. The summed E-state index contributed by atoms with van der Waals surface area (Å²) in [5.41, 5.74) is 5.94. The molecule has 0 atom stereocenters. The normalized spacial score (nSPS) is 10.1. The second-order valence-electron chi connectivity index (χ2n) is 4.89. The number of halogens is 1. The van der Waals surface area contributed by atoms with Crippen LogP contribution >= 0.6 is 23.4 Å². The first kappa shape index (κ1) is 18.8. The molecule has 2 rings (SSSR count). The van der Waals surface area contributed by atoms with Gasteiger partial charge in [-0.15, -0.1) is 11.8 Å². The number of carbonyl (C=O) groups is 3. The number of anilines is 1. The van der Waals surface area contributed by atoms with Crippen LogP contribution in [0.3, 0.4) is 0 Å². The number of ether oxygens (including phenoxy) is 1. The minimum Gasteiger partial charge on any atom is -0.455 e. The predicted molar refractivity (Wildman–Crippen MR) is 96.7 cm³/mol. The Morgan fingerprint density at radius 2 is 1.68 bits per heavy atom. The number of primary amides is 1. The van der Waals surface area contributed by atoms with Gasteiger partial charge in [0.05, 0.1) is 5.75 Å². The summed E-state index contributed by atoms with van der Waals surface area (Å²) in [6, 6.07) is 13.1. The highest BCUT2D eigenvalue weighted by Gasteiger charge is 2.09. The fourth-order valence-corrected chi connectivity index (χ4v) is 2.60. The summed E-state index contributed by atoms with van der Waals surface area (Å²) in [5, 5.41) is 3.17. The van der Waals surface area contributed by atoms with Gasteiger partial charge in [-0.05, 0) is 48.5 Å². The molecule has 130 valence electrons. The SMILES string of the molecule is NC(=O)c1ccc(NC(=O)COC(=O)CSc2ccc(Cl)cc2)cc1. The second kappa shape index (κ2) is 9.10. The van der Waals surface area contributed by atoms with Crippen LogP contribution in [0.4, 0.5) is 5.69 Å². The van der Waals surface area contributed by atoms with E-state index in [0.717, 1.165) is 4.90 Å². The number of thioether (sulfide) groups is 1. The molecule has 0 aliphatic rings. The van der Waals surface area contributed by atoms with Gasteiger partial charge in [-0.25, -0.2) is 0 Å². The van der Waals surface area contributed by atoms with Crippen molar-refractivity contribution in [2.45, 2.75) is 4.90 Å². The highest BCUT2D eigenvalue weighted by molar-refractivity contribution is 8.00. The summed E-state index contributed by atoms with van der Waals surface area (Å²) >= 11 is 7.07. The number of benzene rings is 2. The minimum atomic E-state index is -0.551. The fraction of sp³-hybridized carbons (Fsp3) is 0.118. The zero-order valence-electron chi connectivity index (χ0n) is 13.0. The zero-order chi connectivity index (χ0) is 18.2. The molecule has 0 bridgehead atoms. The van der Waals surface area contributed by atoms with Gasteiger partial charge in [0, 0.05) is 21.2 Å². The number of nitrogens with one attached hydrogen (secondary N) is 1. The van der Waals surface area contributed by atoms with E-state index in [2.05, 4.69) is 5.32 Å². The Bertz CT molecular complexity index is 763. The van der Waals surface area contributed by atoms with Crippen molar-refractivity contribution in [3.8, 4) is 0 Å². The van der Waals surface area contributed by atoms with Crippen molar-refractivity contribution < 1.29 is 19.1 Å². The van der Waals surface area contributed by atoms with Gasteiger partial charge >= 0.3 is 5.97 Å². The summed E-state index contributed by atoms with van der Waals surface area (Å²) in [4.78, 5) is 35.2. The van der Waals surface area contributed by atoms with Crippen molar-refractivity contribution in [1.82, 2.24) is 0 Å². The van der Waals surface area contributed by atoms with Crippen molar-refractivity contribution in [2.75, 3.05) is 17.7 Å². The largest absolute Gasteiger partial charge is 0.455 e. The molecule has 0 saturated carbocycles. The minimum absolute atomic E-state index is 0.0855. The van der Waals surface area contributed by atoms with Gasteiger partial charge in [0.15, 0.2) is 6.61 Å². The maximum Gasteiger partial charge on any atom is 0.316 e. The Kier molecular flexibility index (Phi) is 6.85. The zero-order valence-corrected chi connectivity index (χ0v) is 14.6. The summed E-state index contributed by atoms with van der Waals surface area (Å²) < 4.78 is 4.91. The quantitative estimate of drug-likeness (QED) is 0.570. The molecular weight excluding hydrogens is 364 g/mol. The van der Waals surface area contributed by atoms with Gasteiger partial charge in [0.1, 0.15) is 0 Å². The van der Waals surface area contributed by atoms with Crippen LogP contribution in [0.1, 0.15) is 10.4 Å². The van der Waals surface area contributed by atoms with Crippen LogP contribution in [0, 0.1) is 0 Å². The van der Waals surface area contributed by atoms with Crippen molar-refractivity contribution in [3.63, 3.8) is 0 Å².